The van der Waals surface area contributed by atoms with Gasteiger partial charge in [-0.15, -0.1) is 0 Å². The summed E-state index contributed by atoms with van der Waals surface area (Å²) in [6, 6.07) is 16.9. The van der Waals surface area contributed by atoms with Crippen LogP contribution >= 0.6 is 11.6 Å². The van der Waals surface area contributed by atoms with Gasteiger partial charge in [-0.2, -0.15) is 5.26 Å². The van der Waals surface area contributed by atoms with Crippen LogP contribution in [0.3, 0.4) is 0 Å². The van der Waals surface area contributed by atoms with E-state index in [9.17, 15) is 10.1 Å². The van der Waals surface area contributed by atoms with E-state index >= 15 is 4.39 Å². The number of anilines is 1. The van der Waals surface area contributed by atoms with E-state index in [2.05, 4.69) is 25.4 Å². The third kappa shape index (κ3) is 5.95. The van der Waals surface area contributed by atoms with Crippen LogP contribution in [0.2, 0.25) is 5.28 Å². The Kier molecular flexibility index (Phi) is 8.35. The smallest absolute Gasteiger partial charge is 0.198 e. The number of halogens is 2. The van der Waals surface area contributed by atoms with Crippen LogP contribution in [-0.2, 0) is 4.74 Å². The molecule has 3 aromatic carbocycles. The summed E-state index contributed by atoms with van der Waals surface area (Å²) in [6.45, 7) is 6.43. The second kappa shape index (κ2) is 11.8. The number of nitriles is 1. The number of amides is 1. The predicted octanol–water partition coefficient (Wildman–Crippen LogP) is 6.06. The van der Waals surface area contributed by atoms with Gasteiger partial charge in [-0.05, 0) is 20.8 Å². The number of benzene rings is 3. The predicted molar refractivity (Wildman–Crippen MR) is 159 cm³/mol. The molecule has 4 aromatic rings. The van der Waals surface area contributed by atoms with Gasteiger partial charge in [-0.3, -0.25) is 0 Å². The number of nitrogens with zero attached hydrogens (tertiary/aromatic N) is 5. The molecule has 41 heavy (non-hydrogen) atoms. The van der Waals surface area contributed by atoms with Crippen molar-refractivity contribution in [3.8, 4) is 26.6 Å². The number of carbonyl (C=O) groups excluding carboxylic acids is 1. The van der Waals surface area contributed by atoms with Gasteiger partial charge >= 0.3 is 189 Å². The van der Waals surface area contributed by atoms with Crippen LogP contribution in [0.25, 0.3) is 32.8 Å². The van der Waals surface area contributed by atoms with Crippen molar-refractivity contribution < 1.29 is 13.9 Å². The zero-order valence-corrected chi connectivity index (χ0v) is 28.2. The van der Waals surface area contributed by atoms with Crippen LogP contribution in [0.4, 0.5) is 15.0 Å². The molecule has 0 aliphatic carbocycles. The van der Waals surface area contributed by atoms with E-state index in [0.717, 1.165) is 21.9 Å². The van der Waals surface area contributed by atoms with Crippen molar-refractivity contribution in [2.45, 2.75) is 38.8 Å². The third-order valence-electron chi connectivity index (χ3n) is 6.90. The molecule has 5 rings (SSSR count). The number of rotatable bonds is 3. The molecule has 0 bridgehead atoms. The van der Waals surface area contributed by atoms with Crippen molar-refractivity contribution in [2.24, 2.45) is 0 Å². The summed E-state index contributed by atoms with van der Waals surface area (Å²) in [5, 5.41) is 11.7. The number of hydrogen-bond donors (Lipinski definition) is 0. The number of hydrogen-bond acceptors (Lipinski definition) is 6. The van der Waals surface area contributed by atoms with Crippen LogP contribution in [0.5, 0.6) is 0 Å². The summed E-state index contributed by atoms with van der Waals surface area (Å²) in [5.41, 5.74) is 1.42. The molecule has 0 unspecified atom stereocenters. The third-order valence-corrected chi connectivity index (χ3v) is 7.63. The first-order valence-corrected chi connectivity index (χ1v) is 15.7. The Hall–Kier alpha value is -3.48. The summed E-state index contributed by atoms with van der Waals surface area (Å²) < 4.78 is 25.0. The summed E-state index contributed by atoms with van der Waals surface area (Å²) in [6.07, 6.45) is -0.360. The van der Waals surface area contributed by atoms with Gasteiger partial charge in [0.15, 0.2) is 0 Å². The molecule has 204 valence electrons. The molecule has 1 aliphatic heterocycles. The topological polar surface area (TPSA) is 82.3 Å². The minimum atomic E-state index is -0.660. The molecular weight excluding hydrogens is 733 g/mol. The molecule has 7 nitrogen and oxygen atoms in total. The molecule has 1 saturated heterocycles. The summed E-state index contributed by atoms with van der Waals surface area (Å²) in [5.74, 6) is 3.16. The van der Waals surface area contributed by atoms with Crippen molar-refractivity contribution in [2.75, 3.05) is 24.5 Å². The minimum Gasteiger partial charge on any atom is -0.198 e. The second-order valence-corrected chi connectivity index (χ2v) is 12.2. The summed E-state index contributed by atoms with van der Waals surface area (Å²) >= 11 is 6.88. The van der Waals surface area contributed by atoms with Gasteiger partial charge in [0.05, 0.1) is 18.5 Å². The second-order valence-electron chi connectivity index (χ2n) is 10.8. The van der Waals surface area contributed by atoms with Crippen molar-refractivity contribution in [3.63, 3.8) is 0 Å². The SMILES string of the molecule is CC(C)(C)OC(=O)N1CCN(c2nc(Cl)nc3c(F)c(-c4cccc5cccc(C#[C][Tl])c45)ccc23)C[C@@H]1CC#N. The average Bonchev–Trinajstić information content (AvgIpc) is 2.92. The Morgan fingerprint density at radius 3 is 2.61 bits per heavy atom. The minimum absolute atomic E-state index is 0.0867. The normalized spacial score (nSPS) is 15.3. The van der Waals surface area contributed by atoms with Crippen molar-refractivity contribution in [1.82, 2.24) is 14.9 Å². The van der Waals surface area contributed by atoms with Crippen molar-refractivity contribution in [3.05, 3.63) is 65.2 Å². The van der Waals surface area contributed by atoms with Crippen molar-refractivity contribution >= 4 is 71.0 Å². The number of piperazine rings is 1. The Morgan fingerprint density at radius 1 is 1.15 bits per heavy atom. The standard InChI is InChI=1S/C31H26ClFN5O2.Tl/c1-5-19-8-6-9-20-10-7-11-22(25(19)20)23-12-13-24-27(26(23)33)35-29(32)36-28(24)37-16-17-38(21(18-37)14-15-34)30(39)40-31(2,3)4;/h6-13,21H,14,16-18H2,2-4H3;/t21-;/m0./s1. The maximum atomic E-state index is 16.3. The molecule has 1 aliphatic rings. The Labute approximate surface area is 258 Å². The molecule has 1 amide bonds. The number of aromatic nitrogens is 2. The molecule has 0 saturated carbocycles. The molecule has 1 fully saturated rings. The zero-order chi connectivity index (χ0) is 29.3. The van der Waals surface area contributed by atoms with Crippen LogP contribution in [0.1, 0.15) is 32.8 Å². The quantitative estimate of drug-likeness (QED) is 0.144. The first kappa shape index (κ1) is 29.0. The van der Waals surface area contributed by atoms with Gasteiger partial charge in [-0.1, -0.05) is 0 Å². The number of fused-ring (bicyclic) bond motifs is 2. The molecule has 0 radical (unpaired) electrons. The van der Waals surface area contributed by atoms with E-state index in [4.69, 9.17) is 16.3 Å². The van der Waals surface area contributed by atoms with E-state index in [1.54, 1.807) is 37.8 Å². The fourth-order valence-corrected chi connectivity index (χ4v) is 5.97. The van der Waals surface area contributed by atoms with Gasteiger partial charge in [0.1, 0.15) is 5.60 Å². The molecular formula is C31H26ClFN5O2Tl. The van der Waals surface area contributed by atoms with Crippen LogP contribution in [-0.4, -0.2) is 78.0 Å². The molecule has 2 heterocycles. The first-order chi connectivity index (χ1) is 19.6. The number of ether oxygens (including phenoxy) is 1. The van der Waals surface area contributed by atoms with Gasteiger partial charge < -0.3 is 9.64 Å². The first-order valence-electron chi connectivity index (χ1n) is 13.1. The van der Waals surface area contributed by atoms with E-state index in [1.807, 2.05) is 41.3 Å². The fourth-order valence-electron chi connectivity index (χ4n) is 5.20. The van der Waals surface area contributed by atoms with Crippen molar-refractivity contribution in [1.29, 1.82) is 5.26 Å². The maximum absolute atomic E-state index is 16.3. The van der Waals surface area contributed by atoms with E-state index in [1.165, 1.54) is 0 Å². The molecule has 1 aromatic heterocycles. The Bertz CT molecular complexity index is 1770. The van der Waals surface area contributed by atoms with Crippen LogP contribution in [0.15, 0.2) is 48.5 Å². The van der Waals surface area contributed by atoms with Gasteiger partial charge in [0.2, 0.25) is 0 Å². The summed E-state index contributed by atoms with van der Waals surface area (Å²) in [7, 11) is 0. The molecule has 10 heteroatoms. The molecule has 1 atom stereocenters. The average molecular weight is 759 g/mol. The van der Waals surface area contributed by atoms with Gasteiger partial charge in [0.25, 0.3) is 0 Å². The van der Waals surface area contributed by atoms with Crippen LogP contribution < -0.4 is 4.90 Å². The van der Waals surface area contributed by atoms with E-state index < -0.39 is 23.6 Å². The Morgan fingerprint density at radius 2 is 1.90 bits per heavy atom. The van der Waals surface area contributed by atoms with E-state index in [0.29, 0.717) is 62.2 Å². The summed E-state index contributed by atoms with van der Waals surface area (Å²) in [4.78, 5) is 25.1. The molecule has 0 N–H and O–H groups in total. The fraction of sp³-hybridized carbons (Fsp3) is 0.290. The Balaban J connectivity index is 1.57. The monoisotopic (exact) mass is 759 g/mol. The zero-order valence-electron chi connectivity index (χ0n) is 22.9. The van der Waals surface area contributed by atoms with E-state index in [-0.39, 0.29) is 17.2 Å². The van der Waals surface area contributed by atoms with Crippen LogP contribution in [0, 0.1) is 26.5 Å². The molecule has 0 spiro atoms. The van der Waals surface area contributed by atoms with Gasteiger partial charge in [0, 0.05) is 6.54 Å². The van der Waals surface area contributed by atoms with Gasteiger partial charge in [-0.25, -0.2) is 4.79 Å². The number of carbonyl (C=O) groups is 1.